The summed E-state index contributed by atoms with van der Waals surface area (Å²) in [6.45, 7) is 7.63. The number of likely N-dealkylation sites (tertiary alicyclic amines) is 1. The first-order chi connectivity index (χ1) is 8.83. The predicted molar refractivity (Wildman–Crippen MR) is 74.5 cm³/mol. The van der Waals surface area contributed by atoms with Gasteiger partial charge in [-0.1, -0.05) is 37.3 Å². The lowest BCUT2D eigenvalue weighted by Gasteiger charge is -2.27. The summed E-state index contributed by atoms with van der Waals surface area (Å²) in [6.07, 6.45) is 1.22. The van der Waals surface area contributed by atoms with Crippen molar-refractivity contribution in [2.24, 2.45) is 0 Å². The van der Waals surface area contributed by atoms with Gasteiger partial charge in [0.1, 0.15) is 0 Å². The van der Waals surface area contributed by atoms with Crippen LogP contribution in [0.2, 0.25) is 0 Å². The zero-order chi connectivity index (χ0) is 12.8. The van der Waals surface area contributed by atoms with E-state index in [1.54, 1.807) is 0 Å². The normalized spacial score (nSPS) is 20.7. The van der Waals surface area contributed by atoms with Gasteiger partial charge >= 0.3 is 0 Å². The summed E-state index contributed by atoms with van der Waals surface area (Å²) < 4.78 is 0. The molecule has 1 saturated heterocycles. The largest absolute Gasteiger partial charge is 0.395 e. The molecule has 100 valence electrons. The Labute approximate surface area is 110 Å². The molecule has 1 fully saturated rings. The first-order valence-corrected chi connectivity index (χ1v) is 6.94. The lowest BCUT2D eigenvalue weighted by atomic mass is 10.2. The van der Waals surface area contributed by atoms with E-state index in [-0.39, 0.29) is 6.61 Å². The average molecular weight is 248 g/mol. The van der Waals surface area contributed by atoms with E-state index in [1.165, 1.54) is 18.5 Å². The first-order valence-electron chi connectivity index (χ1n) is 6.94. The summed E-state index contributed by atoms with van der Waals surface area (Å²) in [6, 6.07) is 11.3. The highest BCUT2D eigenvalue weighted by molar-refractivity contribution is 5.14. The molecule has 1 atom stereocenters. The lowest BCUT2D eigenvalue weighted by molar-refractivity contribution is 0.155. The van der Waals surface area contributed by atoms with E-state index in [0.29, 0.717) is 6.04 Å². The van der Waals surface area contributed by atoms with Crippen LogP contribution in [0.1, 0.15) is 18.9 Å². The van der Waals surface area contributed by atoms with E-state index < -0.39 is 0 Å². The molecule has 3 nitrogen and oxygen atoms in total. The summed E-state index contributed by atoms with van der Waals surface area (Å²) in [7, 11) is 0. The zero-order valence-corrected chi connectivity index (χ0v) is 11.3. The minimum atomic E-state index is 0.267. The Bertz CT molecular complexity index is 342. The SMILES string of the molecule is CCN(CCO)C1CCN(Cc2ccccc2)C1. The number of hydrogen-bond donors (Lipinski definition) is 1. The van der Waals surface area contributed by atoms with Crippen LogP contribution in [0.15, 0.2) is 30.3 Å². The van der Waals surface area contributed by atoms with Gasteiger partial charge in [-0.05, 0) is 18.5 Å². The fourth-order valence-electron chi connectivity index (χ4n) is 2.82. The van der Waals surface area contributed by atoms with E-state index in [9.17, 15) is 0 Å². The lowest BCUT2D eigenvalue weighted by Crippen LogP contribution is -2.39. The monoisotopic (exact) mass is 248 g/mol. The minimum absolute atomic E-state index is 0.267. The number of benzene rings is 1. The van der Waals surface area contributed by atoms with Crippen molar-refractivity contribution >= 4 is 0 Å². The van der Waals surface area contributed by atoms with Crippen molar-refractivity contribution in [2.75, 3.05) is 32.8 Å². The molecular formula is C15H24N2O. The van der Waals surface area contributed by atoms with E-state index in [1.807, 2.05) is 0 Å². The van der Waals surface area contributed by atoms with Gasteiger partial charge in [-0.3, -0.25) is 9.80 Å². The molecule has 0 radical (unpaired) electrons. The first kappa shape index (κ1) is 13.5. The quantitative estimate of drug-likeness (QED) is 0.828. The molecule has 0 amide bonds. The van der Waals surface area contributed by atoms with Gasteiger partial charge in [-0.25, -0.2) is 0 Å². The number of nitrogens with zero attached hydrogens (tertiary/aromatic N) is 2. The molecule has 2 rings (SSSR count). The highest BCUT2D eigenvalue weighted by atomic mass is 16.3. The smallest absolute Gasteiger partial charge is 0.0558 e. The number of aliphatic hydroxyl groups is 1. The van der Waals surface area contributed by atoms with Crippen LogP contribution in [0, 0.1) is 0 Å². The van der Waals surface area contributed by atoms with Gasteiger partial charge in [-0.15, -0.1) is 0 Å². The molecule has 1 aliphatic heterocycles. The summed E-state index contributed by atoms with van der Waals surface area (Å²) in [5.41, 5.74) is 1.39. The van der Waals surface area contributed by atoms with E-state index >= 15 is 0 Å². The molecule has 1 heterocycles. The molecule has 0 spiro atoms. The molecule has 1 aromatic rings. The van der Waals surface area contributed by atoms with Crippen LogP contribution in [0.3, 0.4) is 0 Å². The Morgan fingerprint density at radius 1 is 1.33 bits per heavy atom. The average Bonchev–Trinajstić information content (AvgIpc) is 2.85. The van der Waals surface area contributed by atoms with Crippen molar-refractivity contribution in [3.8, 4) is 0 Å². The van der Waals surface area contributed by atoms with Crippen LogP contribution in [0.25, 0.3) is 0 Å². The standard InChI is InChI=1S/C15H24N2O/c1-2-17(10-11-18)15-8-9-16(13-15)12-14-6-4-3-5-7-14/h3-7,15,18H,2,8-13H2,1H3. The second kappa shape index (κ2) is 6.88. The maximum Gasteiger partial charge on any atom is 0.0558 e. The van der Waals surface area contributed by atoms with Crippen molar-refractivity contribution in [3.63, 3.8) is 0 Å². The summed E-state index contributed by atoms with van der Waals surface area (Å²) >= 11 is 0. The van der Waals surface area contributed by atoms with Crippen LogP contribution in [-0.2, 0) is 6.54 Å². The zero-order valence-electron chi connectivity index (χ0n) is 11.3. The second-order valence-electron chi connectivity index (χ2n) is 5.02. The Morgan fingerprint density at radius 3 is 2.78 bits per heavy atom. The third kappa shape index (κ3) is 3.55. The van der Waals surface area contributed by atoms with Gasteiger partial charge in [0, 0.05) is 32.2 Å². The molecule has 1 N–H and O–H groups in total. The summed E-state index contributed by atoms with van der Waals surface area (Å²) in [5.74, 6) is 0. The molecule has 0 bridgehead atoms. The van der Waals surface area contributed by atoms with E-state index in [0.717, 1.165) is 26.2 Å². The maximum absolute atomic E-state index is 9.07. The molecule has 1 aromatic carbocycles. The highest BCUT2D eigenvalue weighted by Gasteiger charge is 2.26. The predicted octanol–water partition coefficient (Wildman–Crippen LogP) is 1.58. The molecule has 1 aliphatic rings. The third-order valence-corrected chi connectivity index (χ3v) is 3.81. The third-order valence-electron chi connectivity index (χ3n) is 3.81. The number of likely N-dealkylation sites (N-methyl/N-ethyl adjacent to an activating group) is 1. The van der Waals surface area contributed by atoms with Gasteiger partial charge in [-0.2, -0.15) is 0 Å². The van der Waals surface area contributed by atoms with Gasteiger partial charge in [0.25, 0.3) is 0 Å². The van der Waals surface area contributed by atoms with Gasteiger partial charge in [0.15, 0.2) is 0 Å². The highest BCUT2D eigenvalue weighted by Crippen LogP contribution is 2.17. The molecule has 0 saturated carbocycles. The second-order valence-corrected chi connectivity index (χ2v) is 5.02. The van der Waals surface area contributed by atoms with Gasteiger partial charge in [0.2, 0.25) is 0 Å². The molecular weight excluding hydrogens is 224 g/mol. The number of aliphatic hydroxyl groups excluding tert-OH is 1. The minimum Gasteiger partial charge on any atom is -0.395 e. The van der Waals surface area contributed by atoms with Gasteiger partial charge < -0.3 is 5.11 Å². The fourth-order valence-corrected chi connectivity index (χ4v) is 2.82. The Balaban J connectivity index is 1.84. The number of hydrogen-bond acceptors (Lipinski definition) is 3. The van der Waals surface area contributed by atoms with E-state index in [4.69, 9.17) is 5.11 Å². The van der Waals surface area contributed by atoms with Crippen LogP contribution in [-0.4, -0.2) is 53.7 Å². The Morgan fingerprint density at radius 2 is 2.11 bits per heavy atom. The van der Waals surface area contributed by atoms with Crippen molar-refractivity contribution in [1.29, 1.82) is 0 Å². The van der Waals surface area contributed by atoms with Crippen LogP contribution in [0.5, 0.6) is 0 Å². The van der Waals surface area contributed by atoms with Crippen molar-refractivity contribution < 1.29 is 5.11 Å². The molecule has 1 unspecified atom stereocenters. The van der Waals surface area contributed by atoms with Crippen molar-refractivity contribution in [3.05, 3.63) is 35.9 Å². The molecule has 0 aliphatic carbocycles. The maximum atomic E-state index is 9.07. The number of rotatable bonds is 6. The van der Waals surface area contributed by atoms with Crippen LogP contribution < -0.4 is 0 Å². The Hall–Kier alpha value is -0.900. The van der Waals surface area contributed by atoms with Gasteiger partial charge in [0.05, 0.1) is 6.61 Å². The Kier molecular flexibility index (Phi) is 5.17. The molecule has 0 aromatic heterocycles. The van der Waals surface area contributed by atoms with Crippen LogP contribution in [0.4, 0.5) is 0 Å². The van der Waals surface area contributed by atoms with Crippen LogP contribution >= 0.6 is 0 Å². The summed E-state index contributed by atoms with van der Waals surface area (Å²) in [5, 5.41) is 9.07. The fraction of sp³-hybridized carbons (Fsp3) is 0.600. The van der Waals surface area contributed by atoms with Crippen molar-refractivity contribution in [2.45, 2.75) is 25.9 Å². The molecule has 3 heteroatoms. The topological polar surface area (TPSA) is 26.7 Å². The summed E-state index contributed by atoms with van der Waals surface area (Å²) in [4.78, 5) is 4.91. The molecule has 18 heavy (non-hydrogen) atoms. The van der Waals surface area contributed by atoms with Crippen molar-refractivity contribution in [1.82, 2.24) is 9.80 Å². The van der Waals surface area contributed by atoms with E-state index in [2.05, 4.69) is 47.1 Å².